The number of fused-ring (bicyclic) bond motifs is 8. The van der Waals surface area contributed by atoms with Gasteiger partial charge in [0.05, 0.1) is 5.69 Å². The summed E-state index contributed by atoms with van der Waals surface area (Å²) < 4.78 is 13.0. The lowest BCUT2D eigenvalue weighted by atomic mass is 9.95. The molecule has 3 heteroatoms. The van der Waals surface area contributed by atoms with Gasteiger partial charge >= 0.3 is 0 Å². The van der Waals surface area contributed by atoms with Gasteiger partial charge < -0.3 is 13.7 Å². The van der Waals surface area contributed by atoms with Gasteiger partial charge in [-0.15, -0.1) is 0 Å². The molecule has 9 aromatic rings. The fourth-order valence-corrected chi connectivity index (χ4v) is 6.54. The summed E-state index contributed by atoms with van der Waals surface area (Å²) in [6.45, 7) is 0. The third-order valence-electron chi connectivity index (χ3n) is 8.44. The van der Waals surface area contributed by atoms with E-state index in [1.807, 2.05) is 18.2 Å². The highest BCUT2D eigenvalue weighted by molar-refractivity contribution is 6.22. The predicted octanol–water partition coefficient (Wildman–Crippen LogP) is 11.8. The van der Waals surface area contributed by atoms with Crippen molar-refractivity contribution in [3.8, 4) is 11.1 Å². The highest BCUT2D eigenvalue weighted by Crippen LogP contribution is 2.45. The number of para-hydroxylation sites is 3. The van der Waals surface area contributed by atoms with Crippen LogP contribution in [0.1, 0.15) is 0 Å². The van der Waals surface area contributed by atoms with Crippen LogP contribution in [0.2, 0.25) is 0 Å². The Bertz CT molecular complexity index is 2450. The maximum absolute atomic E-state index is 6.54. The second-order valence-electron chi connectivity index (χ2n) is 10.9. The van der Waals surface area contributed by atoms with Crippen molar-refractivity contribution in [2.45, 2.75) is 0 Å². The molecule has 0 saturated heterocycles. The first kappa shape index (κ1) is 23.9. The van der Waals surface area contributed by atoms with E-state index < -0.39 is 0 Å². The first-order valence-corrected chi connectivity index (χ1v) is 14.5. The standard InChI is InChI=1S/C40H25NO2/c1-3-12-26(13-4-1)33-25-38-39(31-18-8-7-16-29(31)33)34-24-28(22-23-37(34)42-38)41(27-14-5-2-6-15-27)35-20-11-19-32-30-17-9-10-21-36(30)43-40(32)35/h1-25H. The molecule has 0 aliphatic heterocycles. The van der Waals surface area contributed by atoms with Gasteiger partial charge in [0, 0.05) is 32.9 Å². The molecule has 0 unspecified atom stereocenters. The summed E-state index contributed by atoms with van der Waals surface area (Å²) in [5.41, 5.74) is 8.92. The maximum atomic E-state index is 6.54. The fourth-order valence-electron chi connectivity index (χ4n) is 6.54. The number of rotatable bonds is 4. The van der Waals surface area contributed by atoms with Crippen LogP contribution in [0.25, 0.3) is 65.8 Å². The van der Waals surface area contributed by atoms with Gasteiger partial charge in [-0.2, -0.15) is 0 Å². The lowest BCUT2D eigenvalue weighted by Gasteiger charge is -2.25. The van der Waals surface area contributed by atoms with E-state index in [4.69, 9.17) is 8.83 Å². The zero-order valence-electron chi connectivity index (χ0n) is 23.2. The van der Waals surface area contributed by atoms with Gasteiger partial charge in [0.25, 0.3) is 0 Å². The molecule has 43 heavy (non-hydrogen) atoms. The molecular formula is C40H25NO2. The Kier molecular flexibility index (Phi) is 5.20. The van der Waals surface area contributed by atoms with E-state index in [1.165, 1.54) is 21.9 Å². The third-order valence-corrected chi connectivity index (χ3v) is 8.44. The van der Waals surface area contributed by atoms with Gasteiger partial charge in [0.15, 0.2) is 5.58 Å². The molecule has 0 saturated carbocycles. The zero-order chi connectivity index (χ0) is 28.3. The van der Waals surface area contributed by atoms with Crippen LogP contribution in [0.3, 0.4) is 0 Å². The monoisotopic (exact) mass is 551 g/mol. The molecule has 0 aliphatic rings. The second-order valence-corrected chi connectivity index (χ2v) is 10.9. The molecule has 0 bridgehead atoms. The number of anilines is 3. The Hall–Kier alpha value is -5.80. The maximum Gasteiger partial charge on any atom is 0.159 e. The molecule has 0 atom stereocenters. The van der Waals surface area contributed by atoms with Crippen molar-refractivity contribution >= 4 is 71.7 Å². The summed E-state index contributed by atoms with van der Waals surface area (Å²) in [5, 5.41) is 6.82. The van der Waals surface area contributed by atoms with Crippen molar-refractivity contribution in [2.75, 3.05) is 4.90 Å². The molecule has 0 fully saturated rings. The lowest BCUT2D eigenvalue weighted by Crippen LogP contribution is -2.10. The van der Waals surface area contributed by atoms with Crippen molar-refractivity contribution in [2.24, 2.45) is 0 Å². The van der Waals surface area contributed by atoms with Crippen molar-refractivity contribution in [3.63, 3.8) is 0 Å². The molecule has 9 rings (SSSR count). The minimum absolute atomic E-state index is 0.864. The highest BCUT2D eigenvalue weighted by Gasteiger charge is 2.21. The smallest absolute Gasteiger partial charge is 0.159 e. The van der Waals surface area contributed by atoms with Crippen LogP contribution < -0.4 is 4.90 Å². The van der Waals surface area contributed by atoms with E-state index in [2.05, 4.69) is 138 Å². The Morgan fingerprint density at radius 3 is 1.91 bits per heavy atom. The van der Waals surface area contributed by atoms with Gasteiger partial charge in [0.1, 0.15) is 16.7 Å². The van der Waals surface area contributed by atoms with Gasteiger partial charge in [0.2, 0.25) is 0 Å². The molecular weight excluding hydrogens is 526 g/mol. The van der Waals surface area contributed by atoms with Gasteiger partial charge in [-0.3, -0.25) is 0 Å². The summed E-state index contributed by atoms with van der Waals surface area (Å²) in [6, 6.07) is 52.9. The lowest BCUT2D eigenvalue weighted by molar-refractivity contribution is 0.669. The van der Waals surface area contributed by atoms with E-state index >= 15 is 0 Å². The second kappa shape index (κ2) is 9.37. The molecule has 0 spiro atoms. The molecule has 0 aliphatic carbocycles. The first-order chi connectivity index (χ1) is 21.3. The van der Waals surface area contributed by atoms with Crippen molar-refractivity contribution < 1.29 is 8.83 Å². The number of nitrogens with zero attached hydrogens (tertiary/aromatic N) is 1. The third kappa shape index (κ3) is 3.68. The van der Waals surface area contributed by atoms with Gasteiger partial charge in [-0.25, -0.2) is 0 Å². The molecule has 202 valence electrons. The minimum Gasteiger partial charge on any atom is -0.456 e. The molecule has 2 heterocycles. The number of hydrogen-bond donors (Lipinski definition) is 0. The summed E-state index contributed by atoms with van der Waals surface area (Å²) in [6.07, 6.45) is 0. The van der Waals surface area contributed by atoms with E-state index in [0.29, 0.717) is 0 Å². The van der Waals surface area contributed by atoms with Crippen molar-refractivity contribution in [3.05, 3.63) is 152 Å². The molecule has 0 radical (unpaired) electrons. The van der Waals surface area contributed by atoms with E-state index in [9.17, 15) is 0 Å². The first-order valence-electron chi connectivity index (χ1n) is 14.5. The Morgan fingerprint density at radius 2 is 1.07 bits per heavy atom. The SMILES string of the molecule is c1ccc(-c2cc3oc4ccc(N(c5ccccc5)c5cccc6c5oc5ccccc56)cc4c3c3ccccc23)cc1. The van der Waals surface area contributed by atoms with E-state index in [0.717, 1.165) is 60.9 Å². The fraction of sp³-hybridized carbons (Fsp3) is 0. The topological polar surface area (TPSA) is 29.5 Å². The minimum atomic E-state index is 0.864. The van der Waals surface area contributed by atoms with Gasteiger partial charge in [-0.05, 0) is 70.4 Å². The van der Waals surface area contributed by atoms with E-state index in [-0.39, 0.29) is 0 Å². The molecule has 2 aromatic heterocycles. The van der Waals surface area contributed by atoms with Crippen LogP contribution >= 0.6 is 0 Å². The number of benzene rings is 7. The van der Waals surface area contributed by atoms with Crippen LogP contribution in [-0.2, 0) is 0 Å². The predicted molar refractivity (Wildman–Crippen MR) is 179 cm³/mol. The summed E-state index contributed by atoms with van der Waals surface area (Å²) >= 11 is 0. The highest BCUT2D eigenvalue weighted by atomic mass is 16.3. The molecule has 3 nitrogen and oxygen atoms in total. The Morgan fingerprint density at radius 1 is 0.395 bits per heavy atom. The van der Waals surface area contributed by atoms with Crippen LogP contribution in [0.15, 0.2) is 160 Å². The number of furan rings is 2. The number of hydrogen-bond acceptors (Lipinski definition) is 3. The Balaban J connectivity index is 1.32. The molecule has 7 aromatic carbocycles. The van der Waals surface area contributed by atoms with Crippen LogP contribution in [-0.4, -0.2) is 0 Å². The van der Waals surface area contributed by atoms with E-state index in [1.54, 1.807) is 0 Å². The molecule has 0 amide bonds. The van der Waals surface area contributed by atoms with Crippen molar-refractivity contribution in [1.82, 2.24) is 0 Å². The Labute approximate surface area is 247 Å². The quantitative estimate of drug-likeness (QED) is 0.218. The van der Waals surface area contributed by atoms with Crippen LogP contribution in [0.5, 0.6) is 0 Å². The normalized spacial score (nSPS) is 11.7. The largest absolute Gasteiger partial charge is 0.456 e. The molecule has 0 N–H and O–H groups in total. The van der Waals surface area contributed by atoms with Gasteiger partial charge in [-0.1, -0.05) is 103 Å². The average molecular weight is 552 g/mol. The zero-order valence-corrected chi connectivity index (χ0v) is 23.2. The van der Waals surface area contributed by atoms with Crippen molar-refractivity contribution in [1.29, 1.82) is 0 Å². The summed E-state index contributed by atoms with van der Waals surface area (Å²) in [7, 11) is 0. The van der Waals surface area contributed by atoms with Crippen LogP contribution in [0, 0.1) is 0 Å². The average Bonchev–Trinajstić information content (AvgIpc) is 3.64. The summed E-state index contributed by atoms with van der Waals surface area (Å²) in [5.74, 6) is 0. The summed E-state index contributed by atoms with van der Waals surface area (Å²) in [4.78, 5) is 2.28. The van der Waals surface area contributed by atoms with Crippen LogP contribution in [0.4, 0.5) is 17.1 Å².